The molecule has 2 rings (SSSR count). The molecule has 2 aromatic rings. The topological polar surface area (TPSA) is 64.9 Å². The van der Waals surface area contributed by atoms with Crippen LogP contribution in [0.1, 0.15) is 11.4 Å². The van der Waals surface area contributed by atoms with E-state index in [0.717, 1.165) is 15.6 Å². The molecule has 1 heterocycles. The van der Waals surface area contributed by atoms with E-state index < -0.39 is 0 Å². The third kappa shape index (κ3) is 2.08. The van der Waals surface area contributed by atoms with Crippen molar-refractivity contribution in [2.24, 2.45) is 5.73 Å². The number of nitrogens with zero attached hydrogens (tertiary/aromatic N) is 2. The van der Waals surface area contributed by atoms with E-state index >= 15 is 0 Å². The normalized spacial score (nSPS) is 10.6. The fourth-order valence-electron chi connectivity index (χ4n) is 1.18. The van der Waals surface area contributed by atoms with Crippen LogP contribution in [0.3, 0.4) is 0 Å². The lowest BCUT2D eigenvalue weighted by molar-refractivity contribution is 0.423. The lowest BCUT2D eigenvalue weighted by atomic mass is 10.1. The Morgan fingerprint density at radius 3 is 2.87 bits per heavy atom. The highest BCUT2D eigenvalue weighted by Crippen LogP contribution is 2.24. The molecule has 0 amide bonds. The third-order valence-electron chi connectivity index (χ3n) is 2.07. The van der Waals surface area contributed by atoms with Gasteiger partial charge in [-0.1, -0.05) is 27.2 Å². The summed E-state index contributed by atoms with van der Waals surface area (Å²) in [5.74, 6) is 1.01. The first-order valence-electron chi connectivity index (χ1n) is 4.50. The van der Waals surface area contributed by atoms with Gasteiger partial charge >= 0.3 is 0 Å². The number of hydrogen-bond acceptors (Lipinski definition) is 4. The Kier molecular flexibility index (Phi) is 2.83. The van der Waals surface area contributed by atoms with E-state index in [1.807, 2.05) is 25.1 Å². The van der Waals surface area contributed by atoms with Crippen LogP contribution in [-0.2, 0) is 6.54 Å². The average molecular weight is 268 g/mol. The molecule has 78 valence electrons. The van der Waals surface area contributed by atoms with Gasteiger partial charge in [0.2, 0.25) is 0 Å². The Bertz CT molecular complexity index is 481. The molecule has 0 spiro atoms. The van der Waals surface area contributed by atoms with Crippen molar-refractivity contribution in [3.05, 3.63) is 34.1 Å². The molecule has 0 aliphatic carbocycles. The second kappa shape index (κ2) is 4.12. The smallest absolute Gasteiger partial charge is 0.258 e. The Hall–Kier alpha value is -1.20. The van der Waals surface area contributed by atoms with Gasteiger partial charge < -0.3 is 10.3 Å². The van der Waals surface area contributed by atoms with Crippen molar-refractivity contribution in [3.63, 3.8) is 0 Å². The van der Waals surface area contributed by atoms with Crippen LogP contribution >= 0.6 is 15.9 Å². The first-order chi connectivity index (χ1) is 7.20. The lowest BCUT2D eigenvalue weighted by Gasteiger charge is -1.98. The van der Waals surface area contributed by atoms with Gasteiger partial charge in [0.05, 0.1) is 6.54 Å². The summed E-state index contributed by atoms with van der Waals surface area (Å²) in [5.41, 5.74) is 7.45. The summed E-state index contributed by atoms with van der Waals surface area (Å²) in [5, 5.41) is 3.74. The van der Waals surface area contributed by atoms with Crippen LogP contribution < -0.4 is 5.73 Å². The highest BCUT2D eigenvalue weighted by Gasteiger charge is 2.08. The third-order valence-corrected chi connectivity index (χ3v) is 2.92. The summed E-state index contributed by atoms with van der Waals surface area (Å²) in [6, 6.07) is 5.88. The maximum absolute atomic E-state index is 5.40. The molecule has 0 radical (unpaired) electrons. The van der Waals surface area contributed by atoms with Crippen LogP contribution in [0.5, 0.6) is 0 Å². The standard InChI is InChI=1S/C10H10BrN3O/c1-6-2-3-7(4-8(6)11)10-13-9(5-12)14-15-10/h2-4H,5,12H2,1H3. The number of aromatic nitrogens is 2. The van der Waals surface area contributed by atoms with Gasteiger partial charge in [-0.15, -0.1) is 0 Å². The molecule has 1 aromatic carbocycles. The highest BCUT2D eigenvalue weighted by molar-refractivity contribution is 9.10. The minimum atomic E-state index is 0.288. The predicted octanol–water partition coefficient (Wildman–Crippen LogP) is 2.27. The summed E-state index contributed by atoms with van der Waals surface area (Å²) in [6.07, 6.45) is 0. The van der Waals surface area contributed by atoms with Gasteiger partial charge in [0, 0.05) is 10.0 Å². The second-order valence-electron chi connectivity index (χ2n) is 3.18. The van der Waals surface area contributed by atoms with Gasteiger partial charge in [0.15, 0.2) is 5.82 Å². The fraction of sp³-hybridized carbons (Fsp3) is 0.200. The molecule has 2 N–H and O–H groups in total. The molecule has 0 saturated carbocycles. The summed E-state index contributed by atoms with van der Waals surface area (Å²) < 4.78 is 6.10. The van der Waals surface area contributed by atoms with E-state index in [4.69, 9.17) is 10.3 Å². The van der Waals surface area contributed by atoms with E-state index in [0.29, 0.717) is 11.7 Å². The van der Waals surface area contributed by atoms with Gasteiger partial charge in [0.25, 0.3) is 5.89 Å². The molecule has 5 heteroatoms. The van der Waals surface area contributed by atoms with E-state index in [2.05, 4.69) is 26.1 Å². The summed E-state index contributed by atoms with van der Waals surface area (Å²) in [6.45, 7) is 2.31. The van der Waals surface area contributed by atoms with Crippen LogP contribution in [0.15, 0.2) is 27.2 Å². The van der Waals surface area contributed by atoms with E-state index in [1.165, 1.54) is 0 Å². The Morgan fingerprint density at radius 2 is 2.27 bits per heavy atom. The van der Waals surface area contributed by atoms with Crippen LogP contribution in [0.2, 0.25) is 0 Å². The van der Waals surface area contributed by atoms with Crippen LogP contribution in [0.25, 0.3) is 11.5 Å². The zero-order valence-electron chi connectivity index (χ0n) is 8.20. The Labute approximate surface area is 95.6 Å². The molecule has 0 bridgehead atoms. The largest absolute Gasteiger partial charge is 0.334 e. The Balaban J connectivity index is 2.40. The molecule has 1 aromatic heterocycles. The number of aryl methyl sites for hydroxylation is 1. The number of hydrogen-bond donors (Lipinski definition) is 1. The average Bonchev–Trinajstić information content (AvgIpc) is 2.70. The summed E-state index contributed by atoms with van der Waals surface area (Å²) >= 11 is 3.45. The molecule has 4 nitrogen and oxygen atoms in total. The number of benzene rings is 1. The van der Waals surface area contributed by atoms with Crippen LogP contribution in [-0.4, -0.2) is 10.1 Å². The first kappa shape index (κ1) is 10.3. The molecule has 0 atom stereocenters. The predicted molar refractivity (Wildman–Crippen MR) is 60.1 cm³/mol. The zero-order valence-corrected chi connectivity index (χ0v) is 9.78. The molecule has 0 unspecified atom stereocenters. The maximum Gasteiger partial charge on any atom is 0.258 e. The van der Waals surface area contributed by atoms with Gasteiger partial charge in [0.1, 0.15) is 0 Å². The SMILES string of the molecule is Cc1ccc(-c2nc(CN)no2)cc1Br. The van der Waals surface area contributed by atoms with E-state index in [-0.39, 0.29) is 6.54 Å². The maximum atomic E-state index is 5.40. The molecular weight excluding hydrogens is 258 g/mol. The van der Waals surface area contributed by atoms with Crippen molar-refractivity contribution in [1.82, 2.24) is 10.1 Å². The van der Waals surface area contributed by atoms with Crippen molar-refractivity contribution < 1.29 is 4.52 Å². The molecule has 0 aliphatic heterocycles. The van der Waals surface area contributed by atoms with Gasteiger partial charge in [-0.05, 0) is 24.6 Å². The zero-order chi connectivity index (χ0) is 10.8. The van der Waals surface area contributed by atoms with Crippen LogP contribution in [0.4, 0.5) is 0 Å². The number of rotatable bonds is 2. The van der Waals surface area contributed by atoms with Crippen molar-refractivity contribution in [2.75, 3.05) is 0 Å². The highest BCUT2D eigenvalue weighted by atomic mass is 79.9. The molecule has 0 fully saturated rings. The minimum Gasteiger partial charge on any atom is -0.334 e. The van der Waals surface area contributed by atoms with Crippen molar-refractivity contribution >= 4 is 15.9 Å². The van der Waals surface area contributed by atoms with Crippen molar-refractivity contribution in [1.29, 1.82) is 0 Å². The van der Waals surface area contributed by atoms with E-state index in [1.54, 1.807) is 0 Å². The van der Waals surface area contributed by atoms with Gasteiger partial charge in [-0.25, -0.2) is 0 Å². The lowest BCUT2D eigenvalue weighted by Crippen LogP contribution is -1.97. The molecule has 0 saturated heterocycles. The monoisotopic (exact) mass is 267 g/mol. The summed E-state index contributed by atoms with van der Waals surface area (Å²) in [4.78, 5) is 4.15. The second-order valence-corrected chi connectivity index (χ2v) is 4.04. The molecule has 0 aliphatic rings. The van der Waals surface area contributed by atoms with Crippen molar-refractivity contribution in [2.45, 2.75) is 13.5 Å². The quantitative estimate of drug-likeness (QED) is 0.907. The van der Waals surface area contributed by atoms with Gasteiger partial charge in [-0.2, -0.15) is 4.98 Å². The number of halogens is 1. The van der Waals surface area contributed by atoms with Gasteiger partial charge in [-0.3, -0.25) is 0 Å². The van der Waals surface area contributed by atoms with Crippen LogP contribution in [0, 0.1) is 6.92 Å². The fourth-order valence-corrected chi connectivity index (χ4v) is 1.56. The van der Waals surface area contributed by atoms with E-state index in [9.17, 15) is 0 Å². The first-order valence-corrected chi connectivity index (χ1v) is 5.29. The molecular formula is C10H10BrN3O. The minimum absolute atomic E-state index is 0.288. The summed E-state index contributed by atoms with van der Waals surface area (Å²) in [7, 11) is 0. The molecule has 15 heavy (non-hydrogen) atoms. The Morgan fingerprint density at radius 1 is 1.47 bits per heavy atom. The number of nitrogens with two attached hydrogens (primary N) is 1. The van der Waals surface area contributed by atoms with Crippen molar-refractivity contribution in [3.8, 4) is 11.5 Å².